The number of carbonyl (C=O) groups excluding carboxylic acids is 1. The summed E-state index contributed by atoms with van der Waals surface area (Å²) < 4.78 is 5.59. The fraction of sp³-hybridized carbons (Fsp3) is 0.292. The van der Waals surface area contributed by atoms with Gasteiger partial charge >= 0.3 is 5.97 Å². The van der Waals surface area contributed by atoms with Gasteiger partial charge in [0.1, 0.15) is 14.9 Å². The molecule has 1 saturated heterocycles. The van der Waals surface area contributed by atoms with Crippen LogP contribution in [-0.2, 0) is 9.53 Å². The summed E-state index contributed by atoms with van der Waals surface area (Å²) in [6, 6.07) is 21.9. The van der Waals surface area contributed by atoms with Crippen molar-refractivity contribution in [3.8, 4) is 0 Å². The number of ether oxygens (including phenoxy) is 1. The first-order valence-corrected chi connectivity index (χ1v) is 11.7. The highest BCUT2D eigenvalue weighted by Crippen LogP contribution is 2.34. The molecule has 0 N–H and O–H groups in total. The first kappa shape index (κ1) is 18.0. The zero-order valence-corrected chi connectivity index (χ0v) is 16.9. The molecule has 0 bridgehead atoms. The van der Waals surface area contributed by atoms with Crippen LogP contribution >= 0.6 is 0 Å². The third-order valence-electron chi connectivity index (χ3n) is 5.77. The Bertz CT molecular complexity index is 802. The minimum absolute atomic E-state index is 0.0560. The maximum atomic E-state index is 11.7. The third kappa shape index (κ3) is 3.98. The number of esters is 1. The standard InChI is InChI=1S/C24H26O2Si/c1-18-17-19(22-13-8-14-24(25)26-22)15-16-23(18)27(20-9-4-2-5-10-20)21-11-6-3-7-12-21/h2-7,9-12,15-18,22-23,27H,8,13-14H2,1H3. The van der Waals surface area contributed by atoms with Gasteiger partial charge in [-0.25, -0.2) is 0 Å². The molecule has 1 fully saturated rings. The molecule has 1 heterocycles. The molecule has 2 nitrogen and oxygen atoms in total. The van der Waals surface area contributed by atoms with E-state index in [9.17, 15) is 4.79 Å². The predicted molar refractivity (Wildman–Crippen MR) is 113 cm³/mol. The molecule has 0 aromatic heterocycles. The quantitative estimate of drug-likeness (QED) is 0.603. The van der Waals surface area contributed by atoms with Crippen molar-refractivity contribution in [3.05, 3.63) is 84.5 Å². The Morgan fingerprint density at radius 1 is 0.963 bits per heavy atom. The molecular formula is C24H26O2Si. The number of hydrogen-bond acceptors (Lipinski definition) is 2. The van der Waals surface area contributed by atoms with Gasteiger partial charge in [-0.2, -0.15) is 0 Å². The second-order valence-electron chi connectivity index (χ2n) is 7.63. The Kier molecular flexibility index (Phi) is 5.39. The molecule has 3 heteroatoms. The van der Waals surface area contributed by atoms with E-state index in [2.05, 4.69) is 85.8 Å². The van der Waals surface area contributed by atoms with Crippen LogP contribution in [0.5, 0.6) is 0 Å². The molecule has 138 valence electrons. The Morgan fingerprint density at radius 2 is 1.59 bits per heavy atom. The van der Waals surface area contributed by atoms with Crippen LogP contribution in [-0.4, -0.2) is 20.9 Å². The molecule has 3 atom stereocenters. The second-order valence-corrected chi connectivity index (χ2v) is 10.7. The third-order valence-corrected chi connectivity index (χ3v) is 9.57. The molecule has 3 unspecified atom stereocenters. The molecule has 2 aromatic carbocycles. The lowest BCUT2D eigenvalue weighted by atomic mass is 9.91. The molecule has 0 saturated carbocycles. The van der Waals surface area contributed by atoms with E-state index >= 15 is 0 Å². The molecule has 4 rings (SSSR count). The van der Waals surface area contributed by atoms with Crippen LogP contribution in [0.2, 0.25) is 5.54 Å². The topological polar surface area (TPSA) is 26.3 Å². The van der Waals surface area contributed by atoms with E-state index < -0.39 is 8.80 Å². The summed E-state index contributed by atoms with van der Waals surface area (Å²) in [5, 5.41) is 2.96. The van der Waals surface area contributed by atoms with Crippen molar-refractivity contribution < 1.29 is 9.53 Å². The number of carbonyl (C=O) groups is 1. The lowest BCUT2D eigenvalue weighted by molar-refractivity contribution is -0.151. The summed E-state index contributed by atoms with van der Waals surface area (Å²) in [7, 11) is -1.41. The minimum atomic E-state index is -1.41. The molecule has 0 spiro atoms. The zero-order chi connectivity index (χ0) is 18.6. The van der Waals surface area contributed by atoms with Gasteiger partial charge in [0.05, 0.1) is 0 Å². The summed E-state index contributed by atoms with van der Waals surface area (Å²) >= 11 is 0. The van der Waals surface area contributed by atoms with E-state index in [4.69, 9.17) is 4.74 Å². The van der Waals surface area contributed by atoms with Gasteiger partial charge in [0, 0.05) is 6.42 Å². The first-order valence-electron chi connectivity index (χ1n) is 9.91. The normalized spacial score (nSPS) is 25.2. The van der Waals surface area contributed by atoms with E-state index in [0.29, 0.717) is 17.9 Å². The Balaban J connectivity index is 1.63. The fourth-order valence-electron chi connectivity index (χ4n) is 4.40. The molecule has 0 amide bonds. The Morgan fingerprint density at radius 3 is 2.15 bits per heavy atom. The SMILES string of the molecule is CC1C=C(C2CCCC(=O)O2)C=CC1[SiH](c1ccccc1)c1ccccc1. The monoisotopic (exact) mass is 374 g/mol. The lowest BCUT2D eigenvalue weighted by Gasteiger charge is -2.33. The van der Waals surface area contributed by atoms with Crippen LogP contribution in [0, 0.1) is 5.92 Å². The maximum absolute atomic E-state index is 11.7. The summed E-state index contributed by atoms with van der Waals surface area (Å²) in [6.07, 6.45) is 9.33. The van der Waals surface area contributed by atoms with Crippen LogP contribution in [0.25, 0.3) is 0 Å². The van der Waals surface area contributed by atoms with E-state index in [-0.39, 0.29) is 12.1 Å². The van der Waals surface area contributed by atoms with Gasteiger partial charge in [-0.05, 0) is 29.9 Å². The molecule has 27 heavy (non-hydrogen) atoms. The van der Waals surface area contributed by atoms with E-state index in [0.717, 1.165) is 12.8 Å². The number of benzene rings is 2. The summed E-state index contributed by atoms with van der Waals surface area (Å²) in [6.45, 7) is 2.31. The van der Waals surface area contributed by atoms with Crippen LogP contribution in [0.4, 0.5) is 0 Å². The zero-order valence-electron chi connectivity index (χ0n) is 15.8. The number of allylic oxidation sites excluding steroid dienone is 2. The summed E-state index contributed by atoms with van der Waals surface area (Å²) in [5.74, 6) is 0.374. The number of rotatable bonds is 4. The minimum Gasteiger partial charge on any atom is -0.457 e. The van der Waals surface area contributed by atoms with Crippen LogP contribution in [0.3, 0.4) is 0 Å². The van der Waals surface area contributed by atoms with Gasteiger partial charge in [0.25, 0.3) is 0 Å². The molecular weight excluding hydrogens is 348 g/mol. The molecule has 1 aliphatic heterocycles. The van der Waals surface area contributed by atoms with Gasteiger partial charge in [0.2, 0.25) is 0 Å². The van der Waals surface area contributed by atoms with E-state index in [1.807, 2.05) is 0 Å². The maximum Gasteiger partial charge on any atom is 0.306 e. The average Bonchev–Trinajstić information content (AvgIpc) is 2.71. The molecule has 1 aliphatic carbocycles. The van der Waals surface area contributed by atoms with Crippen molar-refractivity contribution in [1.29, 1.82) is 0 Å². The first-order chi connectivity index (χ1) is 13.2. The summed E-state index contributed by atoms with van der Waals surface area (Å²) in [5.41, 5.74) is 1.69. The lowest BCUT2D eigenvalue weighted by Crippen LogP contribution is -2.47. The highest BCUT2D eigenvalue weighted by atomic mass is 28.3. The predicted octanol–water partition coefficient (Wildman–Crippen LogP) is 3.63. The average molecular weight is 375 g/mol. The number of hydrogen-bond donors (Lipinski definition) is 0. The van der Waals surface area contributed by atoms with Gasteiger partial charge in [0.15, 0.2) is 0 Å². The van der Waals surface area contributed by atoms with Gasteiger partial charge in [-0.3, -0.25) is 4.79 Å². The molecule has 2 aliphatic rings. The van der Waals surface area contributed by atoms with Gasteiger partial charge < -0.3 is 4.74 Å². The summed E-state index contributed by atoms with van der Waals surface area (Å²) in [4.78, 5) is 11.7. The highest BCUT2D eigenvalue weighted by molar-refractivity contribution is 6.86. The molecule has 2 aromatic rings. The van der Waals surface area contributed by atoms with Crippen LogP contribution < -0.4 is 10.4 Å². The van der Waals surface area contributed by atoms with Gasteiger partial charge in [-0.15, -0.1) is 0 Å². The van der Waals surface area contributed by atoms with Crippen molar-refractivity contribution in [1.82, 2.24) is 0 Å². The van der Waals surface area contributed by atoms with Crippen molar-refractivity contribution in [2.75, 3.05) is 0 Å². The van der Waals surface area contributed by atoms with Crippen molar-refractivity contribution >= 4 is 25.1 Å². The van der Waals surface area contributed by atoms with Gasteiger partial charge in [-0.1, -0.05) is 96.2 Å². The van der Waals surface area contributed by atoms with Crippen molar-refractivity contribution in [2.24, 2.45) is 5.92 Å². The van der Waals surface area contributed by atoms with Crippen molar-refractivity contribution in [2.45, 2.75) is 37.8 Å². The Labute approximate surface area is 163 Å². The molecule has 0 radical (unpaired) electrons. The van der Waals surface area contributed by atoms with Crippen LogP contribution in [0.15, 0.2) is 84.5 Å². The number of cyclic esters (lactones) is 1. The Hall–Kier alpha value is -2.39. The van der Waals surface area contributed by atoms with E-state index in [1.54, 1.807) is 0 Å². The van der Waals surface area contributed by atoms with E-state index in [1.165, 1.54) is 15.9 Å². The highest BCUT2D eigenvalue weighted by Gasteiger charge is 2.32. The largest absolute Gasteiger partial charge is 0.457 e. The smallest absolute Gasteiger partial charge is 0.306 e. The van der Waals surface area contributed by atoms with Crippen LogP contribution in [0.1, 0.15) is 26.2 Å². The fourth-order valence-corrected chi connectivity index (χ4v) is 8.00. The second kappa shape index (κ2) is 8.09. The van der Waals surface area contributed by atoms with Crippen molar-refractivity contribution in [3.63, 3.8) is 0 Å².